The lowest BCUT2D eigenvalue weighted by atomic mass is 10.2. The number of H-pyrrole nitrogens is 1. The lowest BCUT2D eigenvalue weighted by molar-refractivity contribution is 0.602. The monoisotopic (exact) mass is 287 g/mol. The number of nitrogens with zero attached hydrogens (tertiary/aromatic N) is 2. The van der Waals surface area contributed by atoms with Gasteiger partial charge in [-0.2, -0.15) is 0 Å². The standard InChI is InChI=1S/C14H13N3O2S/c1-9-6-7-12-14(15-9)17-13(16-12)10-4-3-5-11(8-10)20(2,18)19/h3-8H,1-2H3,(H,15,16,17). The van der Waals surface area contributed by atoms with Crippen LogP contribution in [0.5, 0.6) is 0 Å². The van der Waals surface area contributed by atoms with Crippen molar-refractivity contribution in [1.29, 1.82) is 0 Å². The topological polar surface area (TPSA) is 75.7 Å². The Labute approximate surface area is 116 Å². The van der Waals surface area contributed by atoms with Crippen molar-refractivity contribution in [2.45, 2.75) is 11.8 Å². The Morgan fingerprint density at radius 2 is 1.90 bits per heavy atom. The predicted molar refractivity (Wildman–Crippen MR) is 77.2 cm³/mol. The van der Waals surface area contributed by atoms with Crippen LogP contribution in [0.4, 0.5) is 0 Å². The fourth-order valence-electron chi connectivity index (χ4n) is 2.00. The summed E-state index contributed by atoms with van der Waals surface area (Å²) in [6.07, 6.45) is 1.19. The van der Waals surface area contributed by atoms with Crippen LogP contribution in [0.3, 0.4) is 0 Å². The summed E-state index contributed by atoms with van der Waals surface area (Å²) in [6, 6.07) is 10.5. The number of aryl methyl sites for hydroxylation is 1. The first kappa shape index (κ1) is 12.8. The van der Waals surface area contributed by atoms with Crippen molar-refractivity contribution in [2.75, 3.05) is 6.26 Å². The molecular weight excluding hydrogens is 274 g/mol. The number of pyridine rings is 1. The van der Waals surface area contributed by atoms with Gasteiger partial charge in [-0.05, 0) is 31.2 Å². The Morgan fingerprint density at radius 1 is 1.10 bits per heavy atom. The molecule has 0 aliphatic heterocycles. The van der Waals surface area contributed by atoms with Gasteiger partial charge in [-0.3, -0.25) is 0 Å². The maximum atomic E-state index is 11.6. The van der Waals surface area contributed by atoms with Crippen molar-refractivity contribution in [2.24, 2.45) is 0 Å². The van der Waals surface area contributed by atoms with E-state index in [1.807, 2.05) is 25.1 Å². The zero-order valence-electron chi connectivity index (χ0n) is 11.1. The summed E-state index contributed by atoms with van der Waals surface area (Å²) in [5, 5.41) is 0. The molecule has 0 fully saturated rings. The molecule has 6 heteroatoms. The van der Waals surface area contributed by atoms with Gasteiger partial charge in [0.2, 0.25) is 0 Å². The lowest BCUT2D eigenvalue weighted by Crippen LogP contribution is -1.97. The molecule has 0 radical (unpaired) electrons. The Morgan fingerprint density at radius 3 is 2.65 bits per heavy atom. The zero-order valence-corrected chi connectivity index (χ0v) is 11.9. The van der Waals surface area contributed by atoms with Gasteiger partial charge in [-0.1, -0.05) is 12.1 Å². The van der Waals surface area contributed by atoms with Gasteiger partial charge in [0.05, 0.1) is 10.4 Å². The Balaban J connectivity index is 2.16. The molecule has 102 valence electrons. The zero-order chi connectivity index (χ0) is 14.3. The second-order valence-corrected chi connectivity index (χ2v) is 6.72. The third kappa shape index (κ3) is 2.30. The highest BCUT2D eigenvalue weighted by atomic mass is 32.2. The number of nitrogens with one attached hydrogen (secondary N) is 1. The van der Waals surface area contributed by atoms with Crippen LogP contribution in [0.1, 0.15) is 5.69 Å². The van der Waals surface area contributed by atoms with E-state index in [1.54, 1.807) is 18.2 Å². The molecule has 0 spiro atoms. The quantitative estimate of drug-likeness (QED) is 0.785. The van der Waals surface area contributed by atoms with E-state index in [2.05, 4.69) is 15.0 Å². The second kappa shape index (κ2) is 4.42. The van der Waals surface area contributed by atoms with Crippen LogP contribution >= 0.6 is 0 Å². The molecule has 5 nitrogen and oxygen atoms in total. The maximum Gasteiger partial charge on any atom is 0.178 e. The minimum absolute atomic E-state index is 0.277. The summed E-state index contributed by atoms with van der Waals surface area (Å²) in [6.45, 7) is 1.90. The highest BCUT2D eigenvalue weighted by molar-refractivity contribution is 7.90. The summed E-state index contributed by atoms with van der Waals surface area (Å²) in [4.78, 5) is 12.2. The van der Waals surface area contributed by atoms with Gasteiger partial charge in [0.15, 0.2) is 15.5 Å². The molecule has 1 aromatic carbocycles. The van der Waals surface area contributed by atoms with Crippen LogP contribution in [0.25, 0.3) is 22.6 Å². The largest absolute Gasteiger partial charge is 0.337 e. The number of sulfone groups is 1. The van der Waals surface area contributed by atoms with E-state index in [4.69, 9.17) is 0 Å². The van der Waals surface area contributed by atoms with E-state index < -0.39 is 9.84 Å². The summed E-state index contributed by atoms with van der Waals surface area (Å²) in [5.74, 6) is 0.614. The van der Waals surface area contributed by atoms with E-state index >= 15 is 0 Å². The van der Waals surface area contributed by atoms with Gasteiger partial charge >= 0.3 is 0 Å². The molecule has 0 amide bonds. The van der Waals surface area contributed by atoms with E-state index in [0.717, 1.165) is 16.8 Å². The molecule has 2 aromatic heterocycles. The van der Waals surface area contributed by atoms with Crippen LogP contribution in [0, 0.1) is 6.92 Å². The molecule has 2 heterocycles. The maximum absolute atomic E-state index is 11.6. The highest BCUT2D eigenvalue weighted by Gasteiger charge is 2.11. The summed E-state index contributed by atoms with van der Waals surface area (Å²) in [7, 11) is -3.23. The smallest absolute Gasteiger partial charge is 0.178 e. The lowest BCUT2D eigenvalue weighted by Gasteiger charge is -2.00. The third-order valence-electron chi connectivity index (χ3n) is 3.02. The SMILES string of the molecule is Cc1ccc2[nH]c(-c3cccc(S(C)(=O)=O)c3)nc2n1. The average molecular weight is 287 g/mol. The Bertz CT molecular complexity index is 898. The first-order chi connectivity index (χ1) is 9.43. The molecule has 0 saturated heterocycles. The van der Waals surface area contributed by atoms with E-state index in [9.17, 15) is 8.42 Å². The summed E-state index contributed by atoms with van der Waals surface area (Å²) < 4.78 is 23.2. The molecule has 0 saturated carbocycles. The molecule has 0 bridgehead atoms. The van der Waals surface area contributed by atoms with Crippen LogP contribution in [-0.4, -0.2) is 29.6 Å². The molecule has 0 aliphatic rings. The van der Waals surface area contributed by atoms with E-state index in [-0.39, 0.29) is 4.90 Å². The van der Waals surface area contributed by atoms with Crippen molar-refractivity contribution in [3.63, 3.8) is 0 Å². The first-order valence-electron chi connectivity index (χ1n) is 6.07. The van der Waals surface area contributed by atoms with Crippen molar-refractivity contribution in [1.82, 2.24) is 15.0 Å². The van der Waals surface area contributed by atoms with E-state index in [1.165, 1.54) is 6.26 Å². The molecular formula is C14H13N3O2S. The average Bonchev–Trinajstić information content (AvgIpc) is 2.81. The van der Waals surface area contributed by atoms with Gasteiger partial charge < -0.3 is 4.98 Å². The molecule has 3 rings (SSSR count). The molecule has 0 unspecified atom stereocenters. The fourth-order valence-corrected chi connectivity index (χ4v) is 2.66. The van der Waals surface area contributed by atoms with Crippen molar-refractivity contribution in [3.05, 3.63) is 42.1 Å². The van der Waals surface area contributed by atoms with Crippen LogP contribution in [0.2, 0.25) is 0 Å². The summed E-state index contributed by atoms with van der Waals surface area (Å²) in [5.41, 5.74) is 3.07. The number of fused-ring (bicyclic) bond motifs is 1. The number of aromatic amines is 1. The number of hydrogen-bond donors (Lipinski definition) is 1. The number of imidazole rings is 1. The van der Waals surface area contributed by atoms with Crippen LogP contribution < -0.4 is 0 Å². The molecule has 3 aromatic rings. The first-order valence-corrected chi connectivity index (χ1v) is 7.96. The van der Waals surface area contributed by atoms with Crippen molar-refractivity contribution < 1.29 is 8.42 Å². The number of rotatable bonds is 2. The molecule has 1 N–H and O–H groups in total. The van der Waals surface area contributed by atoms with Gasteiger partial charge in [0.25, 0.3) is 0 Å². The van der Waals surface area contributed by atoms with Crippen LogP contribution in [0.15, 0.2) is 41.3 Å². The summed E-state index contributed by atoms with van der Waals surface area (Å²) >= 11 is 0. The fraction of sp³-hybridized carbons (Fsp3) is 0.143. The third-order valence-corrected chi connectivity index (χ3v) is 4.13. The number of benzene rings is 1. The van der Waals surface area contributed by atoms with Gasteiger partial charge in [-0.25, -0.2) is 18.4 Å². The van der Waals surface area contributed by atoms with Gasteiger partial charge in [0, 0.05) is 17.5 Å². The van der Waals surface area contributed by atoms with Crippen LogP contribution in [-0.2, 0) is 9.84 Å². The molecule has 20 heavy (non-hydrogen) atoms. The second-order valence-electron chi connectivity index (χ2n) is 4.71. The normalized spacial score (nSPS) is 11.9. The Hall–Kier alpha value is -2.21. The number of hydrogen-bond acceptors (Lipinski definition) is 4. The van der Waals surface area contributed by atoms with Crippen molar-refractivity contribution in [3.8, 4) is 11.4 Å². The minimum atomic E-state index is -3.23. The van der Waals surface area contributed by atoms with E-state index in [0.29, 0.717) is 11.5 Å². The highest BCUT2D eigenvalue weighted by Crippen LogP contribution is 2.22. The Kier molecular flexibility index (Phi) is 2.83. The molecule has 0 atom stereocenters. The number of aromatic nitrogens is 3. The van der Waals surface area contributed by atoms with Gasteiger partial charge in [-0.15, -0.1) is 0 Å². The predicted octanol–water partition coefficient (Wildman–Crippen LogP) is 2.34. The minimum Gasteiger partial charge on any atom is -0.337 e. The van der Waals surface area contributed by atoms with Crippen molar-refractivity contribution >= 4 is 21.0 Å². The molecule has 0 aliphatic carbocycles. The van der Waals surface area contributed by atoms with Gasteiger partial charge in [0.1, 0.15) is 5.82 Å².